The number of nitrogens with one attached hydrogen (secondary N) is 2. The number of hydrogen-bond acceptors (Lipinski definition) is 5. The molecule has 3 aromatic rings. The third-order valence-corrected chi connectivity index (χ3v) is 5.47. The lowest BCUT2D eigenvalue weighted by molar-refractivity contribution is 0.146. The Hall–Kier alpha value is -1.99. The fraction of sp³-hybridized carbons (Fsp3) is 0.316. The van der Waals surface area contributed by atoms with Crippen molar-refractivity contribution in [1.82, 2.24) is 20.4 Å². The molecule has 6 heteroatoms. The summed E-state index contributed by atoms with van der Waals surface area (Å²) < 4.78 is 1.94. The highest BCUT2D eigenvalue weighted by Gasteiger charge is 2.24. The molecule has 1 fully saturated rings. The van der Waals surface area contributed by atoms with Gasteiger partial charge in [-0.05, 0) is 23.6 Å². The number of aliphatic hydroxyl groups is 1. The number of benzene rings is 1. The summed E-state index contributed by atoms with van der Waals surface area (Å²) in [7, 11) is 0. The standard InChI is InChI=1S/C19H22N4OS/c24-17-12-21-10-14(17)9-20-11-15-13-23(16-5-2-1-3-6-16)22-19(15)18-7-4-8-25-18/h1-8,13-14,17,20-21,24H,9-12H2. The van der Waals surface area contributed by atoms with Gasteiger partial charge in [-0.15, -0.1) is 11.3 Å². The van der Waals surface area contributed by atoms with Gasteiger partial charge in [0.1, 0.15) is 5.69 Å². The topological polar surface area (TPSA) is 62.1 Å². The number of aromatic nitrogens is 2. The summed E-state index contributed by atoms with van der Waals surface area (Å²) in [5, 5.41) is 23.5. The van der Waals surface area contributed by atoms with Crippen molar-refractivity contribution in [2.75, 3.05) is 19.6 Å². The molecule has 2 atom stereocenters. The maximum Gasteiger partial charge on any atom is 0.107 e. The van der Waals surface area contributed by atoms with Gasteiger partial charge in [-0.1, -0.05) is 24.3 Å². The van der Waals surface area contributed by atoms with Crippen LogP contribution in [-0.2, 0) is 6.54 Å². The smallest absolute Gasteiger partial charge is 0.107 e. The molecule has 3 N–H and O–H groups in total. The fourth-order valence-corrected chi connectivity index (χ4v) is 3.94. The quantitative estimate of drug-likeness (QED) is 0.635. The molecule has 25 heavy (non-hydrogen) atoms. The highest BCUT2D eigenvalue weighted by Crippen LogP contribution is 2.27. The van der Waals surface area contributed by atoms with E-state index in [0.29, 0.717) is 6.54 Å². The Kier molecular flexibility index (Phi) is 4.94. The van der Waals surface area contributed by atoms with Gasteiger partial charge in [-0.3, -0.25) is 0 Å². The lowest BCUT2D eigenvalue weighted by Gasteiger charge is -2.13. The molecule has 5 nitrogen and oxygen atoms in total. The number of para-hydroxylation sites is 1. The van der Waals surface area contributed by atoms with Gasteiger partial charge < -0.3 is 15.7 Å². The number of thiophene rings is 1. The minimum absolute atomic E-state index is 0.253. The van der Waals surface area contributed by atoms with Crippen LogP contribution in [-0.4, -0.2) is 40.6 Å². The molecule has 3 heterocycles. The zero-order valence-electron chi connectivity index (χ0n) is 13.9. The molecule has 4 rings (SSSR count). The number of β-amino-alcohol motifs (C(OH)–C–C–N with tert-alkyl or cyclic N) is 1. The lowest BCUT2D eigenvalue weighted by Crippen LogP contribution is -2.30. The van der Waals surface area contributed by atoms with Crippen LogP contribution < -0.4 is 10.6 Å². The highest BCUT2D eigenvalue weighted by atomic mass is 32.1. The summed E-state index contributed by atoms with van der Waals surface area (Å²) in [5.74, 6) is 0.273. The molecular weight excluding hydrogens is 332 g/mol. The van der Waals surface area contributed by atoms with Crippen LogP contribution in [0.1, 0.15) is 5.56 Å². The minimum atomic E-state index is -0.253. The van der Waals surface area contributed by atoms with Gasteiger partial charge in [-0.2, -0.15) is 5.10 Å². The number of rotatable bonds is 6. The maximum atomic E-state index is 9.93. The molecule has 1 saturated heterocycles. The van der Waals surface area contributed by atoms with Gasteiger partial charge in [0.15, 0.2) is 0 Å². The van der Waals surface area contributed by atoms with Gasteiger partial charge in [0.25, 0.3) is 0 Å². The van der Waals surface area contributed by atoms with E-state index in [1.165, 1.54) is 10.4 Å². The van der Waals surface area contributed by atoms with Gasteiger partial charge in [0, 0.05) is 43.9 Å². The lowest BCUT2D eigenvalue weighted by atomic mass is 10.1. The molecule has 0 saturated carbocycles. The van der Waals surface area contributed by atoms with E-state index < -0.39 is 0 Å². The largest absolute Gasteiger partial charge is 0.391 e. The van der Waals surface area contributed by atoms with E-state index in [1.807, 2.05) is 22.9 Å². The Bertz CT molecular complexity index is 800. The predicted molar refractivity (Wildman–Crippen MR) is 101 cm³/mol. The Morgan fingerprint density at radius 3 is 2.80 bits per heavy atom. The second-order valence-corrected chi connectivity index (χ2v) is 7.32. The molecule has 0 amide bonds. The van der Waals surface area contributed by atoms with E-state index in [9.17, 15) is 5.11 Å². The number of aliphatic hydroxyl groups excluding tert-OH is 1. The first-order valence-electron chi connectivity index (χ1n) is 8.58. The van der Waals surface area contributed by atoms with Crippen LogP contribution in [0.15, 0.2) is 54.0 Å². The number of hydrogen-bond donors (Lipinski definition) is 3. The maximum absolute atomic E-state index is 9.93. The zero-order chi connectivity index (χ0) is 17.1. The Morgan fingerprint density at radius 1 is 1.20 bits per heavy atom. The average Bonchev–Trinajstić information content (AvgIpc) is 3.37. The van der Waals surface area contributed by atoms with Crippen molar-refractivity contribution in [3.8, 4) is 16.3 Å². The monoisotopic (exact) mass is 354 g/mol. The second-order valence-electron chi connectivity index (χ2n) is 6.38. The van der Waals surface area contributed by atoms with E-state index in [4.69, 9.17) is 5.10 Å². The van der Waals surface area contributed by atoms with Gasteiger partial charge in [-0.25, -0.2) is 4.68 Å². The van der Waals surface area contributed by atoms with Crippen LogP contribution in [0.5, 0.6) is 0 Å². The van der Waals surface area contributed by atoms with Gasteiger partial charge >= 0.3 is 0 Å². The average molecular weight is 354 g/mol. The van der Waals surface area contributed by atoms with E-state index in [-0.39, 0.29) is 12.0 Å². The fourth-order valence-electron chi connectivity index (χ4n) is 3.19. The van der Waals surface area contributed by atoms with Crippen molar-refractivity contribution >= 4 is 11.3 Å². The number of nitrogens with zero attached hydrogens (tertiary/aromatic N) is 2. The summed E-state index contributed by atoms with van der Waals surface area (Å²) in [6, 6.07) is 14.3. The molecule has 0 spiro atoms. The summed E-state index contributed by atoms with van der Waals surface area (Å²) in [6.07, 6.45) is 1.84. The van der Waals surface area contributed by atoms with Crippen LogP contribution >= 0.6 is 11.3 Å². The Balaban J connectivity index is 1.54. The first-order chi connectivity index (χ1) is 12.3. The van der Waals surface area contributed by atoms with Crippen LogP contribution in [0, 0.1) is 5.92 Å². The predicted octanol–water partition coefficient (Wildman–Crippen LogP) is 2.27. The first-order valence-corrected chi connectivity index (χ1v) is 9.46. The molecular formula is C19H22N4OS. The Labute approximate surface area is 151 Å². The van der Waals surface area contributed by atoms with Gasteiger partial charge in [0.05, 0.1) is 16.7 Å². The Morgan fingerprint density at radius 2 is 2.08 bits per heavy atom. The molecule has 1 aliphatic rings. The van der Waals surface area contributed by atoms with Crippen LogP contribution in [0.3, 0.4) is 0 Å². The molecule has 0 bridgehead atoms. The molecule has 2 aromatic heterocycles. The van der Waals surface area contributed by atoms with Crippen molar-refractivity contribution in [2.24, 2.45) is 5.92 Å². The first kappa shape index (κ1) is 16.5. The summed E-state index contributed by atoms with van der Waals surface area (Å²) >= 11 is 1.70. The molecule has 1 aromatic carbocycles. The third kappa shape index (κ3) is 3.67. The highest BCUT2D eigenvalue weighted by molar-refractivity contribution is 7.13. The molecule has 1 aliphatic heterocycles. The van der Waals surface area contributed by atoms with Crippen molar-refractivity contribution < 1.29 is 5.11 Å². The van der Waals surface area contributed by atoms with Crippen LogP contribution in [0.4, 0.5) is 0 Å². The second kappa shape index (κ2) is 7.49. The van der Waals surface area contributed by atoms with Gasteiger partial charge in [0.2, 0.25) is 0 Å². The van der Waals surface area contributed by atoms with Crippen molar-refractivity contribution in [3.63, 3.8) is 0 Å². The zero-order valence-corrected chi connectivity index (χ0v) is 14.7. The van der Waals surface area contributed by atoms with E-state index in [1.54, 1.807) is 11.3 Å². The normalized spacial score (nSPS) is 20.2. The SMILES string of the molecule is OC1CNCC1CNCc1cn(-c2ccccc2)nc1-c1cccs1. The molecule has 0 aliphatic carbocycles. The van der Waals surface area contributed by atoms with Crippen molar-refractivity contribution in [3.05, 3.63) is 59.6 Å². The minimum Gasteiger partial charge on any atom is -0.391 e. The molecule has 2 unspecified atom stereocenters. The van der Waals surface area contributed by atoms with Crippen LogP contribution in [0.25, 0.3) is 16.3 Å². The van der Waals surface area contributed by atoms with E-state index in [0.717, 1.165) is 31.0 Å². The summed E-state index contributed by atoms with van der Waals surface area (Å²) in [5.41, 5.74) is 3.25. The van der Waals surface area contributed by atoms with E-state index in [2.05, 4.69) is 46.5 Å². The molecule has 130 valence electrons. The summed E-state index contributed by atoms with van der Waals surface area (Å²) in [4.78, 5) is 1.18. The van der Waals surface area contributed by atoms with Crippen molar-refractivity contribution in [1.29, 1.82) is 0 Å². The van der Waals surface area contributed by atoms with E-state index >= 15 is 0 Å². The third-order valence-electron chi connectivity index (χ3n) is 4.59. The van der Waals surface area contributed by atoms with Crippen LogP contribution in [0.2, 0.25) is 0 Å². The summed E-state index contributed by atoms with van der Waals surface area (Å²) in [6.45, 7) is 3.10. The molecule has 0 radical (unpaired) electrons. The van der Waals surface area contributed by atoms with Crippen molar-refractivity contribution in [2.45, 2.75) is 12.6 Å².